The van der Waals surface area contributed by atoms with Crippen molar-refractivity contribution in [1.82, 2.24) is 20.4 Å². The number of pyridine rings is 1. The molecule has 2 heterocycles. The summed E-state index contributed by atoms with van der Waals surface area (Å²) in [5, 5.41) is 6.64. The third-order valence-electron chi connectivity index (χ3n) is 5.70. The van der Waals surface area contributed by atoms with Gasteiger partial charge in [-0.3, -0.25) is 9.78 Å². The van der Waals surface area contributed by atoms with Crippen LogP contribution in [0.25, 0.3) is 11.4 Å². The molecule has 1 unspecified atom stereocenters. The van der Waals surface area contributed by atoms with E-state index in [1.54, 1.807) is 26.2 Å². The minimum Gasteiger partial charge on any atom is -0.355 e. The molecule has 2 aromatic rings. The summed E-state index contributed by atoms with van der Waals surface area (Å²) in [6.45, 7) is 1.60. The van der Waals surface area contributed by atoms with Gasteiger partial charge in [0, 0.05) is 37.3 Å². The van der Waals surface area contributed by atoms with Crippen LogP contribution in [-0.2, 0) is 4.79 Å². The van der Waals surface area contributed by atoms with E-state index in [0.29, 0.717) is 29.3 Å². The summed E-state index contributed by atoms with van der Waals surface area (Å²) in [5.41, 5.74) is 1.05. The number of hydrogen-bond acceptors (Lipinski definition) is 6. The molecule has 7 nitrogen and oxygen atoms in total. The van der Waals surface area contributed by atoms with Gasteiger partial charge in [0.05, 0.1) is 5.56 Å². The summed E-state index contributed by atoms with van der Waals surface area (Å²) in [6, 6.07) is 1.68. The lowest BCUT2D eigenvalue weighted by atomic mass is 9.84. The van der Waals surface area contributed by atoms with Crippen LogP contribution >= 0.6 is 0 Å². The molecule has 7 heteroatoms. The predicted octanol–water partition coefficient (Wildman–Crippen LogP) is 4.30. The van der Waals surface area contributed by atoms with Crippen LogP contribution in [0.3, 0.4) is 0 Å². The second-order valence-corrected chi connectivity index (χ2v) is 8.04. The van der Waals surface area contributed by atoms with Gasteiger partial charge in [-0.2, -0.15) is 4.98 Å². The van der Waals surface area contributed by atoms with Gasteiger partial charge in [-0.25, -0.2) is 0 Å². The number of amides is 1. The molecule has 1 amide bonds. The fraction of sp³-hybridized carbons (Fsp3) is 0.591. The molecule has 1 aliphatic rings. The maximum atomic E-state index is 11.8. The van der Waals surface area contributed by atoms with E-state index in [4.69, 9.17) is 4.52 Å². The largest absolute Gasteiger partial charge is 0.355 e. The molecule has 1 N–H and O–H groups in total. The van der Waals surface area contributed by atoms with Crippen molar-refractivity contribution in [3.05, 3.63) is 29.9 Å². The Bertz CT molecular complexity index is 827. The fourth-order valence-electron chi connectivity index (χ4n) is 4.14. The number of ketones is 1. The van der Waals surface area contributed by atoms with Crippen molar-refractivity contribution in [3.8, 4) is 11.4 Å². The average molecular weight is 399 g/mol. The molecule has 0 spiro atoms. The highest BCUT2D eigenvalue weighted by atomic mass is 16.5. The second-order valence-electron chi connectivity index (χ2n) is 8.04. The van der Waals surface area contributed by atoms with Gasteiger partial charge in [0.15, 0.2) is 0 Å². The van der Waals surface area contributed by atoms with Crippen molar-refractivity contribution in [3.63, 3.8) is 0 Å². The van der Waals surface area contributed by atoms with Crippen LogP contribution in [0, 0.1) is 5.92 Å². The van der Waals surface area contributed by atoms with Crippen molar-refractivity contribution in [2.75, 3.05) is 7.05 Å². The van der Waals surface area contributed by atoms with Gasteiger partial charge in [-0.05, 0) is 25.3 Å². The number of Topliss-reactive ketones (excluding diaryl/α,β-unsaturated/α-hetero) is 1. The van der Waals surface area contributed by atoms with Crippen LogP contribution in [0.2, 0.25) is 0 Å². The van der Waals surface area contributed by atoms with E-state index < -0.39 is 0 Å². The lowest BCUT2D eigenvalue weighted by molar-refractivity contribution is -0.117. The minimum atomic E-state index is -0.222. The van der Waals surface area contributed by atoms with E-state index in [2.05, 4.69) is 20.4 Å². The fourth-order valence-corrected chi connectivity index (χ4v) is 4.14. The molecule has 0 radical (unpaired) electrons. The molecule has 1 aliphatic carbocycles. The van der Waals surface area contributed by atoms with Gasteiger partial charge in [-0.15, -0.1) is 0 Å². The molecule has 0 bridgehead atoms. The molecule has 0 saturated heterocycles. The summed E-state index contributed by atoms with van der Waals surface area (Å²) in [5.74, 6) is 1.53. The molecule has 2 aromatic heterocycles. The lowest BCUT2D eigenvalue weighted by Crippen LogP contribution is -2.17. The molecule has 1 saturated carbocycles. The van der Waals surface area contributed by atoms with E-state index in [1.807, 2.05) is 0 Å². The number of nitrogens with zero attached hydrogens (tertiary/aromatic N) is 3. The van der Waals surface area contributed by atoms with Crippen molar-refractivity contribution < 1.29 is 14.1 Å². The number of carbonyl (C=O) groups excluding carboxylic acids is 2. The molecule has 0 aliphatic heterocycles. The summed E-state index contributed by atoms with van der Waals surface area (Å²) in [4.78, 5) is 32.2. The second kappa shape index (κ2) is 10.3. The van der Waals surface area contributed by atoms with Crippen LogP contribution in [-0.4, -0.2) is 33.9 Å². The Balaban J connectivity index is 1.68. The van der Waals surface area contributed by atoms with Gasteiger partial charge in [0.2, 0.25) is 11.7 Å². The third-order valence-corrected chi connectivity index (χ3v) is 5.70. The highest BCUT2D eigenvalue weighted by Gasteiger charge is 2.23. The smallest absolute Gasteiger partial charge is 0.252 e. The van der Waals surface area contributed by atoms with Crippen LogP contribution in [0.15, 0.2) is 23.0 Å². The Labute approximate surface area is 171 Å². The Morgan fingerprint density at radius 3 is 2.76 bits per heavy atom. The van der Waals surface area contributed by atoms with Gasteiger partial charge in [0.25, 0.3) is 5.91 Å². The first-order chi connectivity index (χ1) is 14.1. The lowest BCUT2D eigenvalue weighted by Gasteiger charge is -2.22. The molecule has 1 fully saturated rings. The first-order valence-electron chi connectivity index (χ1n) is 10.6. The number of aromatic nitrogens is 3. The highest BCUT2D eigenvalue weighted by Crippen LogP contribution is 2.31. The van der Waals surface area contributed by atoms with Gasteiger partial charge in [0.1, 0.15) is 5.78 Å². The number of rotatable bonds is 9. The number of carbonyl (C=O) groups is 2. The zero-order chi connectivity index (χ0) is 20.6. The van der Waals surface area contributed by atoms with Crippen LogP contribution in [0.1, 0.15) is 86.9 Å². The van der Waals surface area contributed by atoms with Gasteiger partial charge < -0.3 is 14.6 Å². The van der Waals surface area contributed by atoms with Crippen LogP contribution in [0.5, 0.6) is 0 Å². The Morgan fingerprint density at radius 2 is 2.03 bits per heavy atom. The third kappa shape index (κ3) is 5.95. The topological polar surface area (TPSA) is 98.0 Å². The molecule has 0 aromatic carbocycles. The normalized spacial score (nSPS) is 15.8. The molecule has 1 atom stereocenters. The van der Waals surface area contributed by atoms with Gasteiger partial charge in [-0.1, -0.05) is 50.1 Å². The molecule has 3 rings (SSSR count). The Hall–Kier alpha value is -2.57. The first-order valence-corrected chi connectivity index (χ1v) is 10.6. The summed E-state index contributed by atoms with van der Waals surface area (Å²) >= 11 is 0. The molecular formula is C22H30N4O3. The van der Waals surface area contributed by atoms with Crippen LogP contribution < -0.4 is 5.32 Å². The van der Waals surface area contributed by atoms with Gasteiger partial charge >= 0.3 is 0 Å². The maximum absolute atomic E-state index is 11.8. The zero-order valence-electron chi connectivity index (χ0n) is 17.3. The summed E-state index contributed by atoms with van der Waals surface area (Å²) in [6.07, 6.45) is 13.4. The maximum Gasteiger partial charge on any atom is 0.252 e. The highest BCUT2D eigenvalue weighted by molar-refractivity contribution is 5.94. The predicted molar refractivity (Wildman–Crippen MR) is 109 cm³/mol. The Kier molecular flexibility index (Phi) is 7.49. The average Bonchev–Trinajstić information content (AvgIpc) is 3.23. The molecule has 156 valence electrons. The molecule has 29 heavy (non-hydrogen) atoms. The van der Waals surface area contributed by atoms with Crippen molar-refractivity contribution in [2.24, 2.45) is 5.92 Å². The standard InChI is InChI=1S/C22H30N4O3/c1-15(27)11-17(10-6-9-16-7-4-3-5-8-16)22-25-20(26-29-22)18-12-19(14-24-13-18)21(28)23-2/h12-14,16-17H,3-11H2,1-2H3,(H,23,28). The van der Waals surface area contributed by atoms with E-state index in [9.17, 15) is 9.59 Å². The summed E-state index contributed by atoms with van der Waals surface area (Å²) in [7, 11) is 1.57. The molecular weight excluding hydrogens is 368 g/mol. The van der Waals surface area contributed by atoms with Crippen molar-refractivity contribution in [2.45, 2.75) is 70.6 Å². The van der Waals surface area contributed by atoms with Crippen molar-refractivity contribution in [1.29, 1.82) is 0 Å². The zero-order valence-corrected chi connectivity index (χ0v) is 17.3. The monoisotopic (exact) mass is 398 g/mol. The summed E-state index contributed by atoms with van der Waals surface area (Å²) < 4.78 is 5.51. The quantitative estimate of drug-likeness (QED) is 0.676. The van der Waals surface area contributed by atoms with E-state index in [1.165, 1.54) is 44.7 Å². The van der Waals surface area contributed by atoms with Crippen molar-refractivity contribution >= 4 is 11.7 Å². The van der Waals surface area contributed by atoms with E-state index in [0.717, 1.165) is 18.8 Å². The number of nitrogens with one attached hydrogen (secondary N) is 1. The van der Waals surface area contributed by atoms with E-state index >= 15 is 0 Å². The van der Waals surface area contributed by atoms with E-state index in [-0.39, 0.29) is 17.6 Å². The first kappa shape index (κ1) is 21.1. The van der Waals surface area contributed by atoms with Crippen LogP contribution in [0.4, 0.5) is 0 Å². The Morgan fingerprint density at radius 1 is 1.24 bits per heavy atom. The minimum absolute atomic E-state index is 0.0626. The number of hydrogen-bond donors (Lipinski definition) is 1. The SMILES string of the molecule is CNC(=O)c1cncc(-c2noc(C(CCCC3CCCCC3)CC(C)=O)n2)c1.